The SMILES string of the molecule is CC(Nc1ccc2c(c1)OCCCO2)c1cccc(Cl)c1. The summed E-state index contributed by atoms with van der Waals surface area (Å²) in [5.74, 6) is 1.62. The van der Waals surface area contributed by atoms with E-state index in [9.17, 15) is 0 Å². The molecule has 1 unspecified atom stereocenters. The third-order valence-corrected chi connectivity index (χ3v) is 3.71. The van der Waals surface area contributed by atoms with Crippen molar-refractivity contribution in [3.8, 4) is 11.5 Å². The van der Waals surface area contributed by atoms with Gasteiger partial charge < -0.3 is 14.8 Å². The fourth-order valence-corrected chi connectivity index (χ4v) is 2.56. The average molecular weight is 304 g/mol. The minimum absolute atomic E-state index is 0.161. The van der Waals surface area contributed by atoms with Crippen molar-refractivity contribution in [1.29, 1.82) is 0 Å². The van der Waals surface area contributed by atoms with Crippen LogP contribution in [0.3, 0.4) is 0 Å². The molecule has 3 nitrogen and oxygen atoms in total. The van der Waals surface area contributed by atoms with Gasteiger partial charge in [0.05, 0.1) is 13.2 Å². The van der Waals surface area contributed by atoms with Crippen molar-refractivity contribution >= 4 is 17.3 Å². The van der Waals surface area contributed by atoms with E-state index in [0.717, 1.165) is 34.2 Å². The number of hydrogen-bond donors (Lipinski definition) is 1. The van der Waals surface area contributed by atoms with Gasteiger partial charge in [-0.15, -0.1) is 0 Å². The van der Waals surface area contributed by atoms with Crippen LogP contribution in [0.2, 0.25) is 5.02 Å². The summed E-state index contributed by atoms with van der Waals surface area (Å²) in [6, 6.07) is 14.0. The molecule has 1 aliphatic rings. The Morgan fingerprint density at radius 2 is 1.86 bits per heavy atom. The average Bonchev–Trinajstić information content (AvgIpc) is 2.72. The maximum atomic E-state index is 6.04. The summed E-state index contributed by atoms with van der Waals surface area (Å²) >= 11 is 6.04. The molecule has 1 heterocycles. The molecule has 4 heteroatoms. The zero-order valence-electron chi connectivity index (χ0n) is 11.9. The maximum absolute atomic E-state index is 6.04. The van der Waals surface area contributed by atoms with Crippen LogP contribution in [0.25, 0.3) is 0 Å². The smallest absolute Gasteiger partial charge is 0.163 e. The lowest BCUT2D eigenvalue weighted by Gasteiger charge is -2.17. The minimum atomic E-state index is 0.161. The monoisotopic (exact) mass is 303 g/mol. The number of benzene rings is 2. The molecule has 1 atom stereocenters. The Hall–Kier alpha value is -1.87. The zero-order chi connectivity index (χ0) is 14.7. The number of ether oxygens (including phenoxy) is 2. The standard InChI is InChI=1S/C17H18ClNO2/c1-12(13-4-2-5-14(18)10-13)19-15-6-7-16-17(11-15)21-9-3-8-20-16/h2,4-7,10-12,19H,3,8-9H2,1H3. The molecule has 0 radical (unpaired) electrons. The molecule has 2 aromatic rings. The first-order valence-electron chi connectivity index (χ1n) is 7.14. The van der Waals surface area contributed by atoms with Crippen LogP contribution in [0.15, 0.2) is 42.5 Å². The van der Waals surface area contributed by atoms with Gasteiger partial charge in [-0.05, 0) is 36.8 Å². The summed E-state index contributed by atoms with van der Waals surface area (Å²) in [6.45, 7) is 3.51. The second-order valence-corrected chi connectivity index (χ2v) is 5.57. The van der Waals surface area contributed by atoms with Crippen LogP contribution in [0.5, 0.6) is 11.5 Å². The topological polar surface area (TPSA) is 30.5 Å². The first-order valence-corrected chi connectivity index (χ1v) is 7.52. The van der Waals surface area contributed by atoms with E-state index in [2.05, 4.69) is 18.3 Å². The second-order valence-electron chi connectivity index (χ2n) is 5.13. The molecule has 1 N–H and O–H groups in total. The van der Waals surface area contributed by atoms with Crippen LogP contribution in [-0.2, 0) is 0 Å². The van der Waals surface area contributed by atoms with E-state index in [1.165, 1.54) is 0 Å². The van der Waals surface area contributed by atoms with Gasteiger partial charge >= 0.3 is 0 Å². The summed E-state index contributed by atoms with van der Waals surface area (Å²) < 4.78 is 11.3. The molecule has 21 heavy (non-hydrogen) atoms. The normalized spacial score (nSPS) is 15.1. The summed E-state index contributed by atoms with van der Waals surface area (Å²) in [7, 11) is 0. The predicted molar refractivity (Wildman–Crippen MR) is 85.5 cm³/mol. The molecule has 0 fully saturated rings. The number of rotatable bonds is 3. The molecule has 0 bridgehead atoms. The van der Waals surface area contributed by atoms with Crippen LogP contribution in [0, 0.1) is 0 Å². The van der Waals surface area contributed by atoms with Crippen molar-refractivity contribution in [3.05, 3.63) is 53.1 Å². The Morgan fingerprint density at radius 1 is 1.05 bits per heavy atom. The summed E-state index contributed by atoms with van der Waals surface area (Å²) in [4.78, 5) is 0. The molecule has 110 valence electrons. The van der Waals surface area contributed by atoms with Gasteiger partial charge in [-0.3, -0.25) is 0 Å². The summed E-state index contributed by atoms with van der Waals surface area (Å²) in [5.41, 5.74) is 2.15. The molecular formula is C17H18ClNO2. The number of fused-ring (bicyclic) bond motifs is 1. The molecule has 0 saturated carbocycles. The summed E-state index contributed by atoms with van der Waals surface area (Å²) in [6.07, 6.45) is 0.913. The Balaban J connectivity index is 1.77. The highest BCUT2D eigenvalue weighted by Crippen LogP contribution is 2.33. The maximum Gasteiger partial charge on any atom is 0.163 e. The van der Waals surface area contributed by atoms with Gasteiger partial charge in [-0.2, -0.15) is 0 Å². The number of nitrogens with one attached hydrogen (secondary N) is 1. The molecule has 0 aromatic heterocycles. The van der Waals surface area contributed by atoms with Crippen molar-refractivity contribution in [2.24, 2.45) is 0 Å². The molecule has 0 saturated heterocycles. The van der Waals surface area contributed by atoms with Gasteiger partial charge in [0.1, 0.15) is 0 Å². The molecular weight excluding hydrogens is 286 g/mol. The van der Waals surface area contributed by atoms with Crippen molar-refractivity contribution in [3.63, 3.8) is 0 Å². The highest BCUT2D eigenvalue weighted by atomic mass is 35.5. The Morgan fingerprint density at radius 3 is 2.67 bits per heavy atom. The molecule has 0 amide bonds. The van der Waals surface area contributed by atoms with Crippen LogP contribution in [0.4, 0.5) is 5.69 Å². The quantitative estimate of drug-likeness (QED) is 0.893. The van der Waals surface area contributed by atoms with Gasteiger partial charge in [0.15, 0.2) is 11.5 Å². The third-order valence-electron chi connectivity index (χ3n) is 3.48. The van der Waals surface area contributed by atoms with Crippen molar-refractivity contribution in [1.82, 2.24) is 0 Å². The van der Waals surface area contributed by atoms with E-state index >= 15 is 0 Å². The highest BCUT2D eigenvalue weighted by Gasteiger charge is 2.12. The van der Waals surface area contributed by atoms with Gasteiger partial charge in [0, 0.05) is 29.2 Å². The second kappa shape index (κ2) is 6.27. The number of hydrogen-bond acceptors (Lipinski definition) is 3. The molecule has 0 aliphatic carbocycles. The van der Waals surface area contributed by atoms with Gasteiger partial charge in [0.2, 0.25) is 0 Å². The van der Waals surface area contributed by atoms with E-state index in [1.807, 2.05) is 36.4 Å². The Kier molecular flexibility index (Phi) is 4.20. The largest absolute Gasteiger partial charge is 0.490 e. The van der Waals surface area contributed by atoms with Gasteiger partial charge in [-0.1, -0.05) is 23.7 Å². The predicted octanol–water partition coefficient (Wildman–Crippen LogP) is 4.67. The van der Waals surface area contributed by atoms with Crippen LogP contribution >= 0.6 is 11.6 Å². The Labute approximate surface area is 129 Å². The van der Waals surface area contributed by atoms with Crippen LogP contribution in [0.1, 0.15) is 24.9 Å². The lowest BCUT2D eigenvalue weighted by Crippen LogP contribution is -2.06. The van der Waals surface area contributed by atoms with Crippen molar-refractivity contribution < 1.29 is 9.47 Å². The van der Waals surface area contributed by atoms with E-state index < -0.39 is 0 Å². The molecule has 1 aliphatic heterocycles. The minimum Gasteiger partial charge on any atom is -0.490 e. The first kappa shape index (κ1) is 14.1. The molecule has 2 aromatic carbocycles. The van der Waals surface area contributed by atoms with E-state index in [-0.39, 0.29) is 6.04 Å². The Bertz CT molecular complexity index is 630. The zero-order valence-corrected chi connectivity index (χ0v) is 12.7. The fraction of sp³-hybridized carbons (Fsp3) is 0.294. The van der Waals surface area contributed by atoms with Crippen LogP contribution < -0.4 is 14.8 Å². The lowest BCUT2D eigenvalue weighted by molar-refractivity contribution is 0.297. The summed E-state index contributed by atoms with van der Waals surface area (Å²) in [5, 5.41) is 4.21. The fourth-order valence-electron chi connectivity index (χ4n) is 2.36. The van der Waals surface area contributed by atoms with Gasteiger partial charge in [0.25, 0.3) is 0 Å². The van der Waals surface area contributed by atoms with E-state index in [4.69, 9.17) is 21.1 Å². The third kappa shape index (κ3) is 3.42. The van der Waals surface area contributed by atoms with E-state index in [0.29, 0.717) is 13.2 Å². The van der Waals surface area contributed by atoms with Crippen LogP contribution in [-0.4, -0.2) is 13.2 Å². The van der Waals surface area contributed by atoms with E-state index in [1.54, 1.807) is 0 Å². The molecule has 0 spiro atoms. The highest BCUT2D eigenvalue weighted by molar-refractivity contribution is 6.30. The van der Waals surface area contributed by atoms with Crippen molar-refractivity contribution in [2.45, 2.75) is 19.4 Å². The van der Waals surface area contributed by atoms with Gasteiger partial charge in [-0.25, -0.2) is 0 Å². The first-order chi connectivity index (χ1) is 10.2. The van der Waals surface area contributed by atoms with Crippen molar-refractivity contribution in [2.75, 3.05) is 18.5 Å². The lowest BCUT2D eigenvalue weighted by atomic mass is 10.1. The molecule has 3 rings (SSSR count). The number of anilines is 1. The number of halogens is 1.